The molecule has 0 heterocycles. The first-order chi connectivity index (χ1) is 8.47. The highest BCUT2D eigenvalue weighted by molar-refractivity contribution is 9.09. The summed E-state index contributed by atoms with van der Waals surface area (Å²) in [5, 5.41) is 0.852. The van der Waals surface area contributed by atoms with Crippen LogP contribution in [0, 0.1) is 13.8 Å². The van der Waals surface area contributed by atoms with Crippen molar-refractivity contribution in [3.05, 3.63) is 33.8 Å². The van der Waals surface area contributed by atoms with Crippen LogP contribution >= 0.6 is 27.5 Å². The second kappa shape index (κ2) is 5.52. The Labute approximate surface area is 123 Å². The first kappa shape index (κ1) is 14.4. The molecule has 0 aliphatic heterocycles. The molecule has 1 unspecified atom stereocenters. The maximum absolute atomic E-state index is 6.36. The second-order valence-electron chi connectivity index (χ2n) is 5.37. The van der Waals surface area contributed by atoms with Crippen LogP contribution in [0.3, 0.4) is 0 Å². The molecular weight excluding hydrogens is 312 g/mol. The van der Waals surface area contributed by atoms with Crippen molar-refractivity contribution >= 4 is 27.5 Å². The van der Waals surface area contributed by atoms with Gasteiger partial charge < -0.3 is 4.74 Å². The first-order valence-corrected chi connectivity index (χ1v) is 7.73. The predicted molar refractivity (Wildman–Crippen MR) is 80.8 cm³/mol. The van der Waals surface area contributed by atoms with Gasteiger partial charge in [0.1, 0.15) is 0 Å². The summed E-state index contributed by atoms with van der Waals surface area (Å²) < 4.78 is 5.69. The molecule has 2 rings (SSSR count). The highest BCUT2D eigenvalue weighted by atomic mass is 79.9. The van der Waals surface area contributed by atoms with E-state index in [9.17, 15) is 0 Å². The highest BCUT2D eigenvalue weighted by Gasteiger charge is 2.39. The normalized spacial score (nSPS) is 19.4. The number of rotatable bonds is 4. The van der Waals surface area contributed by atoms with E-state index in [0.717, 1.165) is 24.3 Å². The van der Waals surface area contributed by atoms with Crippen molar-refractivity contribution in [3.8, 4) is 0 Å². The zero-order valence-electron chi connectivity index (χ0n) is 11.2. The fraction of sp³-hybridized carbons (Fsp3) is 0.600. The van der Waals surface area contributed by atoms with Crippen LogP contribution in [0.5, 0.6) is 0 Å². The third-order valence-corrected chi connectivity index (χ3v) is 5.34. The zero-order valence-corrected chi connectivity index (χ0v) is 13.6. The molecule has 18 heavy (non-hydrogen) atoms. The quantitative estimate of drug-likeness (QED) is 0.676. The Morgan fingerprint density at radius 3 is 2.44 bits per heavy atom. The van der Waals surface area contributed by atoms with Gasteiger partial charge in [0, 0.05) is 17.0 Å². The minimum atomic E-state index is 0.0658. The molecule has 1 atom stereocenters. The van der Waals surface area contributed by atoms with Crippen LogP contribution in [0.15, 0.2) is 12.1 Å². The topological polar surface area (TPSA) is 9.23 Å². The van der Waals surface area contributed by atoms with E-state index in [-0.39, 0.29) is 10.4 Å². The Morgan fingerprint density at radius 2 is 1.94 bits per heavy atom. The van der Waals surface area contributed by atoms with Gasteiger partial charge >= 0.3 is 0 Å². The molecule has 0 amide bonds. The van der Waals surface area contributed by atoms with E-state index in [1.807, 2.05) is 7.11 Å². The molecule has 100 valence electrons. The van der Waals surface area contributed by atoms with Gasteiger partial charge in [0.2, 0.25) is 0 Å². The van der Waals surface area contributed by atoms with E-state index in [4.69, 9.17) is 16.3 Å². The maximum atomic E-state index is 6.36. The van der Waals surface area contributed by atoms with Gasteiger partial charge in [-0.1, -0.05) is 33.6 Å². The fourth-order valence-electron chi connectivity index (χ4n) is 2.54. The van der Waals surface area contributed by atoms with E-state index in [1.54, 1.807) is 0 Å². The minimum Gasteiger partial charge on any atom is -0.378 e. The number of aryl methyl sites for hydroxylation is 2. The summed E-state index contributed by atoms with van der Waals surface area (Å²) in [5.41, 5.74) is 3.78. The molecule has 0 saturated heterocycles. The van der Waals surface area contributed by atoms with Crippen LogP contribution in [-0.4, -0.2) is 12.7 Å². The smallest absolute Gasteiger partial charge is 0.0692 e. The lowest BCUT2D eigenvalue weighted by Crippen LogP contribution is -2.39. The summed E-state index contributed by atoms with van der Waals surface area (Å²) in [6, 6.07) is 4.25. The molecule has 3 heteroatoms. The van der Waals surface area contributed by atoms with Gasteiger partial charge in [-0.05, 0) is 62.3 Å². The molecule has 1 aromatic carbocycles. The summed E-state index contributed by atoms with van der Waals surface area (Å²) >= 11 is 10.1. The molecule has 0 radical (unpaired) electrons. The molecule has 0 N–H and O–H groups in total. The number of benzene rings is 1. The fourth-order valence-corrected chi connectivity index (χ4v) is 3.99. The van der Waals surface area contributed by atoms with Crippen LogP contribution in [0.4, 0.5) is 0 Å². The third-order valence-electron chi connectivity index (χ3n) is 4.20. The molecule has 1 fully saturated rings. The molecule has 1 aromatic rings. The van der Waals surface area contributed by atoms with Gasteiger partial charge in [-0.3, -0.25) is 0 Å². The number of ether oxygens (including phenoxy) is 1. The summed E-state index contributed by atoms with van der Waals surface area (Å²) in [4.78, 5) is 0.268. The summed E-state index contributed by atoms with van der Waals surface area (Å²) in [6.45, 7) is 4.22. The van der Waals surface area contributed by atoms with Crippen molar-refractivity contribution in [2.75, 3.05) is 7.11 Å². The van der Waals surface area contributed by atoms with E-state index >= 15 is 0 Å². The minimum absolute atomic E-state index is 0.0658. The number of methoxy groups -OCH3 is 1. The van der Waals surface area contributed by atoms with Gasteiger partial charge in [-0.2, -0.15) is 0 Å². The van der Waals surface area contributed by atoms with Crippen LogP contribution in [0.2, 0.25) is 5.02 Å². The lowest BCUT2D eigenvalue weighted by molar-refractivity contribution is -0.0773. The van der Waals surface area contributed by atoms with E-state index in [2.05, 4.69) is 41.9 Å². The van der Waals surface area contributed by atoms with Gasteiger partial charge in [-0.15, -0.1) is 0 Å². The monoisotopic (exact) mass is 330 g/mol. The molecule has 0 aromatic heterocycles. The van der Waals surface area contributed by atoms with Gasteiger partial charge in [0.05, 0.1) is 5.60 Å². The highest BCUT2D eigenvalue weighted by Crippen LogP contribution is 2.46. The van der Waals surface area contributed by atoms with Crippen molar-refractivity contribution < 1.29 is 4.74 Å². The maximum Gasteiger partial charge on any atom is 0.0692 e. The van der Waals surface area contributed by atoms with Crippen molar-refractivity contribution in [2.24, 2.45) is 0 Å². The molecule has 1 saturated carbocycles. The van der Waals surface area contributed by atoms with Crippen LogP contribution in [-0.2, 0) is 4.74 Å². The molecule has 1 aliphatic carbocycles. The first-order valence-electron chi connectivity index (χ1n) is 6.43. The number of alkyl halides is 1. The Balaban J connectivity index is 2.18. The van der Waals surface area contributed by atoms with E-state index in [1.165, 1.54) is 23.1 Å². The van der Waals surface area contributed by atoms with Crippen LogP contribution in [0.25, 0.3) is 0 Å². The summed E-state index contributed by atoms with van der Waals surface area (Å²) in [6.07, 6.45) is 4.59. The largest absolute Gasteiger partial charge is 0.378 e. The van der Waals surface area contributed by atoms with Crippen molar-refractivity contribution in [2.45, 2.75) is 50.0 Å². The van der Waals surface area contributed by atoms with Gasteiger partial charge in [0.15, 0.2) is 0 Å². The summed E-state index contributed by atoms with van der Waals surface area (Å²) in [5.74, 6) is 0. The molecule has 1 nitrogen and oxygen atoms in total. The van der Waals surface area contributed by atoms with Gasteiger partial charge in [-0.25, -0.2) is 0 Å². The molecule has 0 bridgehead atoms. The Hall–Kier alpha value is -0.0500. The Bertz CT molecular complexity index is 435. The SMILES string of the molecule is COC1(CC(Br)c2cc(C)c(C)cc2Cl)CCC1. The lowest BCUT2D eigenvalue weighted by Gasteiger charge is -2.42. The van der Waals surface area contributed by atoms with Crippen LogP contribution < -0.4 is 0 Å². The zero-order chi connectivity index (χ0) is 13.3. The van der Waals surface area contributed by atoms with Crippen LogP contribution in [0.1, 0.15) is 47.2 Å². The van der Waals surface area contributed by atoms with E-state index in [0.29, 0.717) is 0 Å². The molecule has 0 spiro atoms. The second-order valence-corrected chi connectivity index (χ2v) is 6.88. The van der Waals surface area contributed by atoms with Crippen molar-refractivity contribution in [1.29, 1.82) is 0 Å². The average Bonchev–Trinajstić information content (AvgIpc) is 2.28. The van der Waals surface area contributed by atoms with Gasteiger partial charge in [0.25, 0.3) is 0 Å². The number of hydrogen-bond donors (Lipinski definition) is 0. The summed E-state index contributed by atoms with van der Waals surface area (Å²) in [7, 11) is 1.82. The standard InChI is InChI=1S/C15H20BrClO/c1-10-7-12(14(17)8-11(10)2)13(16)9-15(18-3)5-4-6-15/h7-8,13H,4-6,9H2,1-3H3. The van der Waals surface area contributed by atoms with E-state index < -0.39 is 0 Å². The molecular formula is C15H20BrClO. The lowest BCUT2D eigenvalue weighted by atomic mass is 9.76. The molecule has 1 aliphatic rings. The predicted octanol–water partition coefficient (Wildman–Crippen LogP) is 5.35. The van der Waals surface area contributed by atoms with Crippen molar-refractivity contribution in [1.82, 2.24) is 0 Å². The average molecular weight is 332 g/mol. The number of hydrogen-bond acceptors (Lipinski definition) is 1. The Morgan fingerprint density at radius 1 is 1.33 bits per heavy atom. The third kappa shape index (κ3) is 2.76. The van der Waals surface area contributed by atoms with Crippen molar-refractivity contribution in [3.63, 3.8) is 0 Å². The Kier molecular flexibility index (Phi) is 4.40. The number of halogens is 2.